The van der Waals surface area contributed by atoms with Gasteiger partial charge < -0.3 is 15.0 Å². The number of nitrogens with one attached hydrogen (secondary N) is 1. The van der Waals surface area contributed by atoms with Crippen LogP contribution in [0.4, 0.5) is 0 Å². The van der Waals surface area contributed by atoms with Crippen LogP contribution in [0.15, 0.2) is 42.5 Å². The Balaban J connectivity index is 2.14. The summed E-state index contributed by atoms with van der Waals surface area (Å²) in [7, 11) is 1.53. The van der Waals surface area contributed by atoms with Crippen LogP contribution >= 0.6 is 45.8 Å². The number of halogens is 3. The molecule has 0 bridgehead atoms. The summed E-state index contributed by atoms with van der Waals surface area (Å²) >= 11 is 14.2. The molecule has 27 heavy (non-hydrogen) atoms. The van der Waals surface area contributed by atoms with Crippen molar-refractivity contribution in [3.05, 3.63) is 61.6 Å². The summed E-state index contributed by atoms with van der Waals surface area (Å²) in [6.07, 6.45) is 0. The molecule has 0 radical (unpaired) electrons. The SMILES string of the molecule is CNC(=O)C(C)N(Cc1ccc(Cl)c(Cl)c1)C(=O)COc1ccc(I)cc1. The molecule has 0 heterocycles. The number of carbonyl (C=O) groups is 2. The fourth-order valence-electron chi connectivity index (χ4n) is 2.39. The van der Waals surface area contributed by atoms with Crippen molar-refractivity contribution < 1.29 is 14.3 Å². The van der Waals surface area contributed by atoms with E-state index in [-0.39, 0.29) is 25.0 Å². The lowest BCUT2D eigenvalue weighted by Gasteiger charge is -2.28. The lowest BCUT2D eigenvalue weighted by molar-refractivity contribution is -0.142. The fraction of sp³-hybridized carbons (Fsp3) is 0.263. The Hall–Kier alpha value is -1.51. The van der Waals surface area contributed by atoms with Crippen LogP contribution in [0.1, 0.15) is 12.5 Å². The van der Waals surface area contributed by atoms with Gasteiger partial charge in [-0.3, -0.25) is 9.59 Å². The lowest BCUT2D eigenvalue weighted by Crippen LogP contribution is -2.48. The molecule has 2 aromatic carbocycles. The van der Waals surface area contributed by atoms with E-state index in [1.54, 1.807) is 37.3 Å². The summed E-state index contributed by atoms with van der Waals surface area (Å²) in [5.74, 6) is 0.0132. The molecular weight excluding hydrogens is 502 g/mol. The average Bonchev–Trinajstić information content (AvgIpc) is 2.67. The van der Waals surface area contributed by atoms with Crippen LogP contribution in [0.3, 0.4) is 0 Å². The second-order valence-electron chi connectivity index (χ2n) is 5.80. The Morgan fingerprint density at radius 2 is 1.81 bits per heavy atom. The highest BCUT2D eigenvalue weighted by Crippen LogP contribution is 2.24. The minimum Gasteiger partial charge on any atom is -0.484 e. The van der Waals surface area contributed by atoms with Crippen molar-refractivity contribution >= 4 is 57.6 Å². The predicted molar refractivity (Wildman–Crippen MR) is 115 cm³/mol. The van der Waals surface area contributed by atoms with Gasteiger partial charge in [0.1, 0.15) is 11.8 Å². The van der Waals surface area contributed by atoms with Crippen LogP contribution in [0, 0.1) is 3.57 Å². The number of likely N-dealkylation sites (N-methyl/N-ethyl adjacent to an activating group) is 1. The first-order valence-corrected chi connectivity index (χ1v) is 9.98. The van der Waals surface area contributed by atoms with Crippen molar-refractivity contribution in [2.24, 2.45) is 0 Å². The summed E-state index contributed by atoms with van der Waals surface area (Å²) in [5, 5.41) is 3.39. The van der Waals surface area contributed by atoms with Gasteiger partial charge in [-0.1, -0.05) is 29.3 Å². The Morgan fingerprint density at radius 1 is 1.15 bits per heavy atom. The smallest absolute Gasteiger partial charge is 0.261 e. The van der Waals surface area contributed by atoms with E-state index in [1.165, 1.54) is 11.9 Å². The highest BCUT2D eigenvalue weighted by Gasteiger charge is 2.26. The van der Waals surface area contributed by atoms with E-state index in [0.717, 1.165) is 9.13 Å². The molecule has 5 nitrogen and oxygen atoms in total. The van der Waals surface area contributed by atoms with Gasteiger partial charge in [0.05, 0.1) is 10.0 Å². The van der Waals surface area contributed by atoms with Crippen molar-refractivity contribution in [1.82, 2.24) is 10.2 Å². The number of amides is 2. The number of hydrogen-bond acceptors (Lipinski definition) is 3. The monoisotopic (exact) mass is 520 g/mol. The lowest BCUT2D eigenvalue weighted by atomic mass is 10.1. The third-order valence-corrected chi connectivity index (χ3v) is 5.38. The summed E-state index contributed by atoms with van der Waals surface area (Å²) in [6.45, 7) is 1.70. The number of benzene rings is 2. The standard InChI is InChI=1S/C19H19Cl2IN2O3/c1-12(19(26)23-2)24(10-13-3-8-16(20)17(21)9-13)18(25)11-27-15-6-4-14(22)5-7-15/h3-9,12H,10-11H2,1-2H3,(H,23,26). The Kier molecular flexibility index (Phi) is 8.19. The van der Waals surface area contributed by atoms with E-state index >= 15 is 0 Å². The first-order valence-electron chi connectivity index (χ1n) is 8.15. The summed E-state index contributed by atoms with van der Waals surface area (Å²) in [6, 6.07) is 11.8. The molecular formula is C19H19Cl2IN2O3. The second kappa shape index (κ2) is 10.1. The third kappa shape index (κ3) is 6.26. The number of nitrogens with zero attached hydrogens (tertiary/aromatic N) is 1. The third-order valence-electron chi connectivity index (χ3n) is 3.93. The molecule has 0 aromatic heterocycles. The van der Waals surface area contributed by atoms with Crippen molar-refractivity contribution in [2.75, 3.05) is 13.7 Å². The number of carbonyl (C=O) groups excluding carboxylic acids is 2. The van der Waals surface area contributed by atoms with Gasteiger partial charge in [-0.2, -0.15) is 0 Å². The Labute approximate surface area is 182 Å². The quantitative estimate of drug-likeness (QED) is 0.558. The maximum Gasteiger partial charge on any atom is 0.261 e. The molecule has 0 aliphatic rings. The number of rotatable bonds is 7. The zero-order valence-electron chi connectivity index (χ0n) is 14.8. The number of hydrogen-bond donors (Lipinski definition) is 1. The first kappa shape index (κ1) is 21.8. The van der Waals surface area contributed by atoms with Crippen LogP contribution < -0.4 is 10.1 Å². The molecule has 1 N–H and O–H groups in total. The number of ether oxygens (including phenoxy) is 1. The van der Waals surface area contributed by atoms with Gasteiger partial charge in [-0.15, -0.1) is 0 Å². The van der Waals surface area contributed by atoms with Crippen LogP contribution in [0.5, 0.6) is 5.75 Å². The average molecular weight is 521 g/mol. The minimum absolute atomic E-state index is 0.177. The zero-order valence-corrected chi connectivity index (χ0v) is 18.5. The molecule has 2 amide bonds. The summed E-state index contributed by atoms with van der Waals surface area (Å²) in [5.41, 5.74) is 0.766. The van der Waals surface area contributed by atoms with Crippen molar-refractivity contribution in [1.29, 1.82) is 0 Å². The maximum absolute atomic E-state index is 12.8. The molecule has 8 heteroatoms. The van der Waals surface area contributed by atoms with E-state index < -0.39 is 6.04 Å². The van der Waals surface area contributed by atoms with Gasteiger partial charge >= 0.3 is 0 Å². The molecule has 0 spiro atoms. The maximum atomic E-state index is 12.8. The molecule has 2 aromatic rings. The van der Waals surface area contributed by atoms with Gasteiger partial charge in [0.2, 0.25) is 5.91 Å². The summed E-state index contributed by atoms with van der Waals surface area (Å²) in [4.78, 5) is 26.3. The Morgan fingerprint density at radius 3 is 2.41 bits per heavy atom. The molecule has 1 unspecified atom stereocenters. The highest BCUT2D eigenvalue weighted by molar-refractivity contribution is 14.1. The molecule has 2 rings (SSSR count). The molecule has 144 valence electrons. The van der Waals surface area contributed by atoms with Gasteiger partial charge in [-0.05, 0) is 71.5 Å². The van der Waals surface area contributed by atoms with E-state index in [4.69, 9.17) is 27.9 Å². The van der Waals surface area contributed by atoms with E-state index in [9.17, 15) is 9.59 Å². The zero-order chi connectivity index (χ0) is 20.0. The highest BCUT2D eigenvalue weighted by atomic mass is 127. The van der Waals surface area contributed by atoms with Gasteiger partial charge in [0, 0.05) is 17.2 Å². The van der Waals surface area contributed by atoms with E-state index in [1.807, 2.05) is 12.1 Å². The van der Waals surface area contributed by atoms with Crippen molar-refractivity contribution in [2.45, 2.75) is 19.5 Å². The molecule has 0 aliphatic heterocycles. The normalized spacial score (nSPS) is 11.6. The minimum atomic E-state index is -0.669. The predicted octanol–water partition coefficient (Wildman–Crippen LogP) is 4.14. The Bertz CT molecular complexity index is 815. The van der Waals surface area contributed by atoms with E-state index in [2.05, 4.69) is 27.9 Å². The fourth-order valence-corrected chi connectivity index (χ4v) is 3.07. The van der Waals surface area contributed by atoms with Crippen LogP contribution in [0.2, 0.25) is 10.0 Å². The van der Waals surface area contributed by atoms with Gasteiger partial charge in [0.25, 0.3) is 5.91 Å². The van der Waals surface area contributed by atoms with Gasteiger partial charge in [0.15, 0.2) is 6.61 Å². The topological polar surface area (TPSA) is 58.6 Å². The second-order valence-corrected chi connectivity index (χ2v) is 7.86. The van der Waals surface area contributed by atoms with E-state index in [0.29, 0.717) is 15.8 Å². The largest absolute Gasteiger partial charge is 0.484 e. The molecule has 0 fully saturated rings. The van der Waals surface area contributed by atoms with Crippen LogP contribution in [0.25, 0.3) is 0 Å². The molecule has 1 atom stereocenters. The molecule has 0 saturated carbocycles. The van der Waals surface area contributed by atoms with Crippen molar-refractivity contribution in [3.63, 3.8) is 0 Å². The first-order chi connectivity index (χ1) is 12.8. The van der Waals surface area contributed by atoms with Crippen LogP contribution in [-0.4, -0.2) is 36.4 Å². The molecule has 0 saturated heterocycles. The van der Waals surface area contributed by atoms with Crippen LogP contribution in [-0.2, 0) is 16.1 Å². The summed E-state index contributed by atoms with van der Waals surface area (Å²) < 4.78 is 6.64. The molecule has 0 aliphatic carbocycles. The van der Waals surface area contributed by atoms with Crippen molar-refractivity contribution in [3.8, 4) is 5.75 Å². The van der Waals surface area contributed by atoms with Gasteiger partial charge in [-0.25, -0.2) is 0 Å².